The lowest BCUT2D eigenvalue weighted by atomic mass is 9.84. The minimum absolute atomic E-state index is 0.0260. The Labute approximate surface area is 406 Å². The van der Waals surface area contributed by atoms with E-state index < -0.39 is 0 Å². The van der Waals surface area contributed by atoms with Gasteiger partial charge in [0.15, 0.2) is 17.5 Å². The zero-order valence-electron chi connectivity index (χ0n) is 37.8. The number of aryl methyl sites for hydroxylation is 1. The van der Waals surface area contributed by atoms with Crippen molar-refractivity contribution in [2.45, 2.75) is 18.8 Å². The zero-order valence-corrected chi connectivity index (χ0v) is 38.6. The monoisotopic (exact) mass is 912 g/mol. The molecule has 70 heavy (non-hydrogen) atoms. The average Bonchev–Trinajstić information content (AvgIpc) is 4.07. The molecule has 0 saturated carbocycles. The second-order valence-electron chi connectivity index (χ2n) is 18.6. The Morgan fingerprint density at radius 1 is 0.457 bits per heavy atom. The molecule has 0 saturated heterocycles. The van der Waals surface area contributed by atoms with Crippen LogP contribution >= 0.6 is 11.3 Å². The first-order valence-corrected chi connectivity index (χ1v) is 24.8. The quantitative estimate of drug-likeness (QED) is 0.173. The molecule has 6 heteroatoms. The molecular weight excluding hydrogens is 873 g/mol. The molecular formula is C64H40N4OS. The fourth-order valence-electron chi connectivity index (χ4n) is 11.5. The molecule has 1 atom stereocenters. The van der Waals surface area contributed by atoms with E-state index in [1.165, 1.54) is 53.9 Å². The molecule has 0 spiro atoms. The van der Waals surface area contributed by atoms with Gasteiger partial charge >= 0.3 is 0 Å². The Kier molecular flexibility index (Phi) is 8.65. The Bertz CT molecular complexity index is 4450. The SMILES string of the molecule is c1ccc(-n2c3ccccc3c3cccc(-c4nc(-c5cc([C@@H]6CCc7cc8ccccc8cc7-c7ccccc76)c6oc7ccccc7c6c5)nc(-c5cccc6c5sc5ccccc56)n4)c32)cc1. The maximum absolute atomic E-state index is 6.96. The van der Waals surface area contributed by atoms with Crippen LogP contribution in [0.25, 0.3) is 126 Å². The summed E-state index contributed by atoms with van der Waals surface area (Å²) >= 11 is 1.79. The van der Waals surface area contributed by atoms with Gasteiger partial charge in [0, 0.05) is 75.6 Å². The van der Waals surface area contributed by atoms with Crippen molar-refractivity contribution in [3.05, 3.63) is 229 Å². The molecule has 0 N–H and O–H groups in total. The topological polar surface area (TPSA) is 56.7 Å². The van der Waals surface area contributed by atoms with Gasteiger partial charge in [0.2, 0.25) is 0 Å². The lowest BCUT2D eigenvalue weighted by Gasteiger charge is -2.20. The van der Waals surface area contributed by atoms with E-state index in [1.807, 2.05) is 0 Å². The van der Waals surface area contributed by atoms with Crippen molar-refractivity contribution >= 4 is 86.0 Å². The van der Waals surface area contributed by atoms with Gasteiger partial charge in [-0.05, 0) is 107 Å². The minimum Gasteiger partial charge on any atom is -0.456 e. The predicted octanol–water partition coefficient (Wildman–Crippen LogP) is 17.1. The second kappa shape index (κ2) is 15.4. The van der Waals surface area contributed by atoms with Crippen molar-refractivity contribution in [3.8, 4) is 51.0 Å². The number of para-hydroxylation sites is 4. The van der Waals surface area contributed by atoms with Crippen LogP contribution in [0, 0.1) is 0 Å². The van der Waals surface area contributed by atoms with Crippen molar-refractivity contribution in [2.24, 2.45) is 0 Å². The van der Waals surface area contributed by atoms with Crippen LogP contribution < -0.4 is 0 Å². The third-order valence-corrected chi connectivity index (χ3v) is 15.9. The highest BCUT2D eigenvalue weighted by atomic mass is 32.1. The van der Waals surface area contributed by atoms with Crippen LogP contribution in [-0.4, -0.2) is 19.5 Å². The highest BCUT2D eigenvalue weighted by Crippen LogP contribution is 2.48. The van der Waals surface area contributed by atoms with E-state index in [9.17, 15) is 0 Å². The third kappa shape index (κ3) is 6.00. The molecule has 10 aromatic carbocycles. The van der Waals surface area contributed by atoms with Crippen LogP contribution in [0.15, 0.2) is 217 Å². The summed E-state index contributed by atoms with van der Waals surface area (Å²) in [7, 11) is 0. The first kappa shape index (κ1) is 39.3. The molecule has 0 unspecified atom stereocenters. The van der Waals surface area contributed by atoms with Gasteiger partial charge in [-0.2, -0.15) is 0 Å². The number of hydrogen-bond donors (Lipinski definition) is 0. The summed E-state index contributed by atoms with van der Waals surface area (Å²) in [5, 5.41) is 9.39. The lowest BCUT2D eigenvalue weighted by molar-refractivity contribution is 0.647. The van der Waals surface area contributed by atoms with Crippen LogP contribution in [0.1, 0.15) is 29.0 Å². The fourth-order valence-corrected chi connectivity index (χ4v) is 12.7. The number of rotatable bonds is 5. The van der Waals surface area contributed by atoms with E-state index in [0.29, 0.717) is 17.5 Å². The molecule has 328 valence electrons. The van der Waals surface area contributed by atoms with Crippen LogP contribution in [0.5, 0.6) is 0 Å². The van der Waals surface area contributed by atoms with Crippen LogP contribution in [0.3, 0.4) is 0 Å². The molecule has 4 heterocycles. The molecule has 15 rings (SSSR count). The van der Waals surface area contributed by atoms with Gasteiger partial charge in [-0.25, -0.2) is 15.0 Å². The van der Waals surface area contributed by atoms with E-state index in [2.05, 4.69) is 217 Å². The molecule has 5 nitrogen and oxygen atoms in total. The van der Waals surface area contributed by atoms with Crippen LogP contribution in [0.4, 0.5) is 0 Å². The lowest BCUT2D eigenvalue weighted by Crippen LogP contribution is -2.05. The standard InChI is InChI=1S/C64H40N4OS/c1-2-18-42(19-3-1)68-56-29-11-8-22-46(56)49-25-14-27-51(59(49)68)63-65-62(66-64(67-63)52-28-15-26-50-48-24-10-13-31-58(48)70-61(50)52)41-36-54(60-55(37-41)47-23-9-12-30-57(47)69-60)45-33-32-40-34-38-16-4-5-17-39(38)35-53(40)44-21-7-6-20-43(44)45/h1-31,34-37,45H,32-33H2/t45-/m1/s1. The van der Waals surface area contributed by atoms with E-state index >= 15 is 0 Å². The summed E-state index contributed by atoms with van der Waals surface area (Å²) in [5.41, 5.74) is 14.2. The summed E-state index contributed by atoms with van der Waals surface area (Å²) in [6, 6.07) is 76.5. The minimum atomic E-state index is 0.0260. The van der Waals surface area contributed by atoms with E-state index in [0.717, 1.165) is 83.8 Å². The van der Waals surface area contributed by atoms with Crippen molar-refractivity contribution < 1.29 is 4.42 Å². The van der Waals surface area contributed by atoms with E-state index in [4.69, 9.17) is 19.4 Å². The number of benzene rings is 10. The normalized spacial score (nSPS) is 13.7. The van der Waals surface area contributed by atoms with Crippen LogP contribution in [-0.2, 0) is 6.42 Å². The van der Waals surface area contributed by atoms with Crippen molar-refractivity contribution in [1.29, 1.82) is 0 Å². The van der Waals surface area contributed by atoms with Crippen molar-refractivity contribution in [2.75, 3.05) is 0 Å². The number of thiophene rings is 1. The zero-order chi connectivity index (χ0) is 45.9. The van der Waals surface area contributed by atoms with Gasteiger partial charge in [0.05, 0.1) is 11.0 Å². The molecule has 0 amide bonds. The van der Waals surface area contributed by atoms with Gasteiger partial charge < -0.3 is 8.98 Å². The fraction of sp³-hybridized carbons (Fsp3) is 0.0469. The first-order valence-electron chi connectivity index (χ1n) is 24.0. The van der Waals surface area contributed by atoms with Gasteiger partial charge in [-0.15, -0.1) is 11.3 Å². The second-order valence-corrected chi connectivity index (χ2v) is 19.6. The van der Waals surface area contributed by atoms with E-state index in [1.54, 1.807) is 11.3 Å². The maximum atomic E-state index is 6.96. The summed E-state index contributed by atoms with van der Waals surface area (Å²) < 4.78 is 11.7. The molecule has 1 aliphatic rings. The summed E-state index contributed by atoms with van der Waals surface area (Å²) in [5.74, 6) is 1.89. The highest BCUT2D eigenvalue weighted by Gasteiger charge is 2.29. The summed E-state index contributed by atoms with van der Waals surface area (Å²) in [6.07, 6.45) is 1.83. The largest absolute Gasteiger partial charge is 0.456 e. The number of furan rings is 1. The van der Waals surface area contributed by atoms with Crippen LogP contribution in [0.2, 0.25) is 0 Å². The molecule has 14 aromatic rings. The number of nitrogens with zero attached hydrogens (tertiary/aromatic N) is 4. The average molecular weight is 913 g/mol. The Balaban J connectivity index is 1.01. The van der Waals surface area contributed by atoms with Gasteiger partial charge in [0.25, 0.3) is 0 Å². The Morgan fingerprint density at radius 2 is 1.11 bits per heavy atom. The number of hydrogen-bond acceptors (Lipinski definition) is 5. The molecule has 1 aliphatic carbocycles. The molecule has 0 bridgehead atoms. The molecule has 0 radical (unpaired) electrons. The Morgan fingerprint density at radius 3 is 2.00 bits per heavy atom. The highest BCUT2D eigenvalue weighted by molar-refractivity contribution is 7.26. The predicted molar refractivity (Wildman–Crippen MR) is 290 cm³/mol. The van der Waals surface area contributed by atoms with E-state index in [-0.39, 0.29) is 5.92 Å². The summed E-state index contributed by atoms with van der Waals surface area (Å²) in [4.78, 5) is 16.7. The summed E-state index contributed by atoms with van der Waals surface area (Å²) in [6.45, 7) is 0. The molecule has 0 fully saturated rings. The first-order chi connectivity index (χ1) is 34.7. The molecule has 4 aromatic heterocycles. The maximum Gasteiger partial charge on any atom is 0.166 e. The van der Waals surface area contributed by atoms with Gasteiger partial charge in [-0.3, -0.25) is 0 Å². The third-order valence-electron chi connectivity index (χ3n) is 14.7. The van der Waals surface area contributed by atoms with Gasteiger partial charge in [0.1, 0.15) is 11.2 Å². The molecule has 0 aliphatic heterocycles. The number of aromatic nitrogens is 4. The van der Waals surface area contributed by atoms with Gasteiger partial charge in [-0.1, -0.05) is 152 Å². The number of fused-ring (bicyclic) bond motifs is 13. The van der Waals surface area contributed by atoms with Crippen molar-refractivity contribution in [1.82, 2.24) is 19.5 Å². The Hall–Kier alpha value is -8.71. The van der Waals surface area contributed by atoms with Crippen molar-refractivity contribution in [3.63, 3.8) is 0 Å². The smallest absolute Gasteiger partial charge is 0.166 e.